The van der Waals surface area contributed by atoms with Gasteiger partial charge in [0.15, 0.2) is 5.65 Å². The molecule has 0 amide bonds. The highest BCUT2D eigenvalue weighted by atomic mass is 19.1. The molecule has 9 nitrogen and oxygen atoms in total. The number of ether oxygens (including phenoxy) is 1. The van der Waals surface area contributed by atoms with Crippen LogP contribution in [0, 0.1) is 5.82 Å². The zero-order chi connectivity index (χ0) is 23.2. The lowest BCUT2D eigenvalue weighted by molar-refractivity contribution is 0.208. The van der Waals surface area contributed by atoms with Gasteiger partial charge in [-0.15, -0.1) is 0 Å². The molecule has 3 aromatic rings. The van der Waals surface area contributed by atoms with Crippen molar-refractivity contribution in [1.29, 1.82) is 0 Å². The first kappa shape index (κ1) is 20.2. The Hall–Kier alpha value is -4.47. The summed E-state index contributed by atoms with van der Waals surface area (Å²) in [7, 11) is 2.03. The Balaban J connectivity index is 1.37. The lowest BCUT2D eigenvalue weighted by atomic mass is 10.1. The number of fused-ring (bicyclic) bond motifs is 4. The Morgan fingerprint density at radius 2 is 1.97 bits per heavy atom. The summed E-state index contributed by atoms with van der Waals surface area (Å²) in [5.74, 6) is 0.753. The average Bonchev–Trinajstić information content (AvgIpc) is 3.23. The highest BCUT2D eigenvalue weighted by molar-refractivity contribution is 5.92. The third-order valence-corrected chi connectivity index (χ3v) is 5.93. The SMILES string of the molecule is CN1C[C@H](CNc2ncc3c4n[nH]c(=O)c-4cn(-c4ccccc4F)c3n2)Oc2ccccc21. The van der Waals surface area contributed by atoms with Crippen LogP contribution >= 0.6 is 0 Å². The van der Waals surface area contributed by atoms with Gasteiger partial charge in [0.1, 0.15) is 23.4 Å². The quantitative estimate of drug-likeness (QED) is 0.428. The summed E-state index contributed by atoms with van der Waals surface area (Å²) >= 11 is 0. The molecule has 2 aromatic carbocycles. The number of para-hydroxylation sites is 3. The number of aromatic amines is 1. The van der Waals surface area contributed by atoms with Crippen LogP contribution in [-0.4, -0.2) is 51.0 Å². The number of nitrogens with one attached hydrogen (secondary N) is 2. The van der Waals surface area contributed by atoms with E-state index < -0.39 is 5.82 Å². The van der Waals surface area contributed by atoms with Crippen LogP contribution in [0.25, 0.3) is 28.0 Å². The fourth-order valence-electron chi connectivity index (χ4n) is 4.29. The van der Waals surface area contributed by atoms with Gasteiger partial charge in [-0.2, -0.15) is 10.1 Å². The molecule has 0 spiro atoms. The normalized spacial score (nSPS) is 15.4. The second-order valence-electron chi connectivity index (χ2n) is 8.17. The standard InChI is InChI=1S/C24H20FN7O2/c1-31-12-14(34-20-9-5-4-8-19(20)31)10-26-24-27-11-15-21-16(23(33)30-29-21)13-32(22(15)28-24)18-7-3-2-6-17(18)25/h2-9,11,13-14H,10,12H2,1H3,(H,30,33)(H,26,27,28)/t14-/m0/s1. The summed E-state index contributed by atoms with van der Waals surface area (Å²) in [4.78, 5) is 23.5. The van der Waals surface area contributed by atoms with E-state index in [9.17, 15) is 9.18 Å². The van der Waals surface area contributed by atoms with E-state index in [0.29, 0.717) is 41.3 Å². The number of benzene rings is 2. The van der Waals surface area contributed by atoms with Crippen molar-refractivity contribution in [2.75, 3.05) is 30.4 Å². The van der Waals surface area contributed by atoms with Crippen molar-refractivity contribution >= 4 is 22.7 Å². The lowest BCUT2D eigenvalue weighted by Crippen LogP contribution is -2.41. The molecule has 10 heteroatoms. The third-order valence-electron chi connectivity index (χ3n) is 5.93. The molecule has 4 heterocycles. The third kappa shape index (κ3) is 3.31. The maximum absolute atomic E-state index is 14.7. The number of H-pyrrole nitrogens is 1. The largest absolute Gasteiger partial charge is 0.485 e. The van der Waals surface area contributed by atoms with Crippen LogP contribution in [0.3, 0.4) is 0 Å². The Morgan fingerprint density at radius 3 is 2.82 bits per heavy atom. The maximum Gasteiger partial charge on any atom is 0.275 e. The zero-order valence-electron chi connectivity index (χ0n) is 18.2. The Morgan fingerprint density at radius 1 is 1.18 bits per heavy atom. The minimum Gasteiger partial charge on any atom is -0.485 e. The van der Waals surface area contributed by atoms with E-state index in [0.717, 1.165) is 11.4 Å². The minimum absolute atomic E-state index is 0.116. The van der Waals surface area contributed by atoms with Crippen molar-refractivity contribution in [2.45, 2.75) is 6.10 Å². The lowest BCUT2D eigenvalue weighted by Gasteiger charge is -2.33. The van der Waals surface area contributed by atoms with Gasteiger partial charge in [0, 0.05) is 19.4 Å². The number of anilines is 2. The topological polar surface area (TPSA) is 101 Å². The van der Waals surface area contributed by atoms with Gasteiger partial charge >= 0.3 is 0 Å². The molecule has 3 aliphatic rings. The number of likely N-dealkylation sites (N-methyl/N-ethyl adjacent to an activating group) is 1. The molecule has 170 valence electrons. The molecule has 0 saturated heterocycles. The number of halogens is 1. The van der Waals surface area contributed by atoms with E-state index in [4.69, 9.17) is 4.74 Å². The van der Waals surface area contributed by atoms with Gasteiger partial charge < -0.3 is 15.0 Å². The number of nitrogens with zero attached hydrogens (tertiary/aromatic N) is 5. The summed E-state index contributed by atoms with van der Waals surface area (Å²) < 4.78 is 22.3. The fraction of sp³-hybridized carbons (Fsp3) is 0.167. The van der Waals surface area contributed by atoms with Gasteiger partial charge in [0.25, 0.3) is 5.56 Å². The summed E-state index contributed by atoms with van der Waals surface area (Å²) in [6.45, 7) is 1.17. The first-order chi connectivity index (χ1) is 16.6. The van der Waals surface area contributed by atoms with Crippen molar-refractivity contribution in [3.63, 3.8) is 0 Å². The molecule has 0 bridgehead atoms. The first-order valence-electron chi connectivity index (χ1n) is 10.8. The monoisotopic (exact) mass is 457 g/mol. The van der Waals surface area contributed by atoms with Gasteiger partial charge in [-0.05, 0) is 24.3 Å². The number of rotatable bonds is 4. The minimum atomic E-state index is -0.436. The van der Waals surface area contributed by atoms with Crippen LogP contribution < -0.4 is 20.5 Å². The van der Waals surface area contributed by atoms with Crippen molar-refractivity contribution in [2.24, 2.45) is 0 Å². The highest BCUT2D eigenvalue weighted by Gasteiger charge is 2.24. The van der Waals surface area contributed by atoms with Crippen LogP contribution in [0.1, 0.15) is 0 Å². The van der Waals surface area contributed by atoms with E-state index >= 15 is 0 Å². The van der Waals surface area contributed by atoms with E-state index in [1.54, 1.807) is 35.2 Å². The molecule has 0 fully saturated rings. The fourth-order valence-corrected chi connectivity index (χ4v) is 4.29. The molecular weight excluding hydrogens is 437 g/mol. The smallest absolute Gasteiger partial charge is 0.275 e. The Kier molecular flexibility index (Phi) is 4.65. The van der Waals surface area contributed by atoms with Crippen molar-refractivity contribution < 1.29 is 9.13 Å². The van der Waals surface area contributed by atoms with Crippen molar-refractivity contribution in [3.8, 4) is 22.7 Å². The van der Waals surface area contributed by atoms with Gasteiger partial charge in [-0.3, -0.25) is 9.36 Å². The van der Waals surface area contributed by atoms with E-state index in [-0.39, 0.29) is 17.4 Å². The van der Waals surface area contributed by atoms with Gasteiger partial charge in [-0.25, -0.2) is 14.5 Å². The van der Waals surface area contributed by atoms with Gasteiger partial charge in [0.05, 0.1) is 35.4 Å². The summed E-state index contributed by atoms with van der Waals surface area (Å²) in [5, 5.41) is 10.3. The highest BCUT2D eigenvalue weighted by Crippen LogP contribution is 2.32. The molecule has 6 rings (SSSR count). The molecule has 34 heavy (non-hydrogen) atoms. The zero-order valence-corrected chi connectivity index (χ0v) is 18.2. The summed E-state index contributed by atoms with van der Waals surface area (Å²) in [5.41, 5.74) is 2.16. The molecule has 0 saturated carbocycles. The van der Waals surface area contributed by atoms with Crippen LogP contribution in [0.2, 0.25) is 0 Å². The van der Waals surface area contributed by atoms with E-state index in [1.807, 2.05) is 31.3 Å². The Bertz CT molecular complexity index is 1550. The number of pyridine rings is 1. The molecule has 1 atom stereocenters. The molecule has 0 radical (unpaired) electrons. The van der Waals surface area contributed by atoms with Crippen molar-refractivity contribution in [3.05, 3.63) is 77.1 Å². The predicted molar refractivity (Wildman–Crippen MR) is 126 cm³/mol. The number of aromatic nitrogens is 5. The maximum atomic E-state index is 14.7. The predicted octanol–water partition coefficient (Wildman–Crippen LogP) is 3.06. The summed E-state index contributed by atoms with van der Waals surface area (Å²) in [6, 6.07) is 14.2. The average molecular weight is 457 g/mol. The molecule has 0 aliphatic carbocycles. The molecular formula is C24H20FN7O2. The second-order valence-corrected chi connectivity index (χ2v) is 8.17. The summed E-state index contributed by atoms with van der Waals surface area (Å²) in [6.07, 6.45) is 3.03. The first-order valence-corrected chi connectivity index (χ1v) is 10.8. The molecule has 1 aromatic heterocycles. The van der Waals surface area contributed by atoms with Crippen LogP contribution in [0.4, 0.5) is 16.0 Å². The van der Waals surface area contributed by atoms with Crippen molar-refractivity contribution in [1.82, 2.24) is 24.7 Å². The van der Waals surface area contributed by atoms with Crippen LogP contribution in [0.15, 0.2) is 65.7 Å². The molecule has 3 aliphatic heterocycles. The van der Waals surface area contributed by atoms with E-state index in [1.165, 1.54) is 6.07 Å². The molecule has 0 unspecified atom stereocenters. The van der Waals surface area contributed by atoms with Crippen LogP contribution in [-0.2, 0) is 0 Å². The van der Waals surface area contributed by atoms with Crippen LogP contribution in [0.5, 0.6) is 5.75 Å². The van der Waals surface area contributed by atoms with Gasteiger partial charge in [0.2, 0.25) is 5.95 Å². The van der Waals surface area contributed by atoms with E-state index in [2.05, 4.69) is 30.4 Å². The number of hydrogen-bond donors (Lipinski definition) is 2. The Labute approximate surface area is 193 Å². The van der Waals surface area contributed by atoms with Gasteiger partial charge in [-0.1, -0.05) is 24.3 Å². The number of hydrogen-bond acceptors (Lipinski definition) is 7. The second kappa shape index (κ2) is 7.84. The molecule has 2 N–H and O–H groups in total.